The lowest BCUT2D eigenvalue weighted by molar-refractivity contribution is -0.114. The SMILES string of the molecule is CC(=O)Nc1ccc(F)c(NC(=O)c2ccc(-c3nc4ccccc4s3)s2)c1. The molecule has 2 aromatic heterocycles. The minimum atomic E-state index is -0.578. The van der Waals surface area contributed by atoms with Gasteiger partial charge in [-0.25, -0.2) is 9.37 Å². The van der Waals surface area contributed by atoms with Crippen LogP contribution < -0.4 is 10.6 Å². The van der Waals surface area contributed by atoms with Crippen LogP contribution in [0, 0.1) is 5.82 Å². The number of rotatable bonds is 4. The Balaban J connectivity index is 1.56. The molecule has 2 aromatic carbocycles. The van der Waals surface area contributed by atoms with Gasteiger partial charge in [0, 0.05) is 12.6 Å². The van der Waals surface area contributed by atoms with E-state index in [9.17, 15) is 14.0 Å². The van der Waals surface area contributed by atoms with E-state index in [1.165, 1.54) is 36.5 Å². The molecule has 4 aromatic rings. The van der Waals surface area contributed by atoms with Gasteiger partial charge in [-0.05, 0) is 42.5 Å². The van der Waals surface area contributed by atoms with Gasteiger partial charge in [0.25, 0.3) is 5.91 Å². The number of hydrogen-bond donors (Lipinski definition) is 2. The summed E-state index contributed by atoms with van der Waals surface area (Å²) in [7, 11) is 0. The highest BCUT2D eigenvalue weighted by molar-refractivity contribution is 7.26. The number of aromatic nitrogens is 1. The number of para-hydroxylation sites is 1. The number of hydrogen-bond acceptors (Lipinski definition) is 5. The third kappa shape index (κ3) is 3.78. The maximum Gasteiger partial charge on any atom is 0.265 e. The Morgan fingerprint density at radius 1 is 1.00 bits per heavy atom. The van der Waals surface area contributed by atoms with Crippen molar-refractivity contribution in [3.05, 3.63) is 65.3 Å². The van der Waals surface area contributed by atoms with Gasteiger partial charge in [-0.2, -0.15) is 0 Å². The molecule has 0 aliphatic carbocycles. The number of nitrogens with one attached hydrogen (secondary N) is 2. The second kappa shape index (κ2) is 7.49. The molecule has 0 spiro atoms. The molecule has 0 radical (unpaired) electrons. The average molecular weight is 411 g/mol. The Morgan fingerprint density at radius 3 is 2.61 bits per heavy atom. The van der Waals surface area contributed by atoms with Crippen molar-refractivity contribution in [3.63, 3.8) is 0 Å². The summed E-state index contributed by atoms with van der Waals surface area (Å²) in [5.74, 6) is -1.27. The fourth-order valence-corrected chi connectivity index (χ4v) is 4.56. The summed E-state index contributed by atoms with van der Waals surface area (Å²) < 4.78 is 15.1. The van der Waals surface area contributed by atoms with Crippen LogP contribution in [0.4, 0.5) is 15.8 Å². The average Bonchev–Trinajstić information content (AvgIpc) is 3.30. The van der Waals surface area contributed by atoms with Crippen LogP contribution in [0.5, 0.6) is 0 Å². The molecule has 2 amide bonds. The van der Waals surface area contributed by atoms with Gasteiger partial charge in [0.2, 0.25) is 5.91 Å². The predicted octanol–water partition coefficient (Wildman–Crippen LogP) is 5.37. The molecule has 0 saturated heterocycles. The summed E-state index contributed by atoms with van der Waals surface area (Å²) in [6.45, 7) is 1.36. The Morgan fingerprint density at radius 2 is 1.82 bits per heavy atom. The molecular formula is C20H14FN3O2S2. The van der Waals surface area contributed by atoms with Crippen LogP contribution in [0.15, 0.2) is 54.6 Å². The van der Waals surface area contributed by atoms with Gasteiger partial charge < -0.3 is 10.6 Å². The van der Waals surface area contributed by atoms with Crippen molar-refractivity contribution in [1.29, 1.82) is 0 Å². The highest BCUT2D eigenvalue weighted by atomic mass is 32.1. The summed E-state index contributed by atoms with van der Waals surface area (Å²) in [4.78, 5) is 29.6. The summed E-state index contributed by atoms with van der Waals surface area (Å²) in [5, 5.41) is 5.96. The predicted molar refractivity (Wildman–Crippen MR) is 112 cm³/mol. The van der Waals surface area contributed by atoms with Crippen molar-refractivity contribution < 1.29 is 14.0 Å². The molecule has 5 nitrogen and oxygen atoms in total. The molecular weight excluding hydrogens is 397 g/mol. The van der Waals surface area contributed by atoms with Crippen LogP contribution in [0.1, 0.15) is 16.6 Å². The lowest BCUT2D eigenvalue weighted by atomic mass is 10.2. The normalized spacial score (nSPS) is 10.8. The minimum absolute atomic E-state index is 0.00573. The summed E-state index contributed by atoms with van der Waals surface area (Å²) in [5.41, 5.74) is 1.33. The molecule has 2 heterocycles. The Labute approximate surface area is 167 Å². The van der Waals surface area contributed by atoms with Crippen LogP contribution in [0.3, 0.4) is 0 Å². The van der Waals surface area contributed by atoms with Gasteiger partial charge in [0.1, 0.15) is 10.8 Å². The second-order valence-corrected chi connectivity index (χ2v) is 8.10. The number of fused-ring (bicyclic) bond motifs is 1. The lowest BCUT2D eigenvalue weighted by Crippen LogP contribution is -2.12. The Kier molecular flexibility index (Phi) is 4.89. The van der Waals surface area contributed by atoms with Gasteiger partial charge in [-0.3, -0.25) is 9.59 Å². The topological polar surface area (TPSA) is 71.1 Å². The zero-order valence-electron chi connectivity index (χ0n) is 14.7. The Bertz CT molecular complexity index is 1170. The molecule has 4 rings (SSSR count). The number of halogens is 1. The zero-order valence-corrected chi connectivity index (χ0v) is 16.3. The summed E-state index contributed by atoms with van der Waals surface area (Å²) >= 11 is 2.85. The fourth-order valence-electron chi connectivity index (χ4n) is 2.64. The summed E-state index contributed by atoms with van der Waals surface area (Å²) in [6, 6.07) is 15.4. The van der Waals surface area contributed by atoms with E-state index < -0.39 is 11.7 Å². The molecule has 28 heavy (non-hydrogen) atoms. The maximum atomic E-state index is 14.0. The minimum Gasteiger partial charge on any atom is -0.326 e. The van der Waals surface area contributed by atoms with E-state index in [1.54, 1.807) is 17.4 Å². The number of anilines is 2. The van der Waals surface area contributed by atoms with Crippen LogP contribution in [-0.2, 0) is 4.79 Å². The van der Waals surface area contributed by atoms with Crippen LogP contribution >= 0.6 is 22.7 Å². The number of thiazole rings is 1. The van der Waals surface area contributed by atoms with E-state index in [2.05, 4.69) is 15.6 Å². The molecule has 8 heteroatoms. The van der Waals surface area contributed by atoms with Crippen molar-refractivity contribution in [2.45, 2.75) is 6.92 Å². The van der Waals surface area contributed by atoms with E-state index in [1.807, 2.05) is 30.3 Å². The van der Waals surface area contributed by atoms with Crippen molar-refractivity contribution >= 4 is 56.1 Å². The van der Waals surface area contributed by atoms with Crippen molar-refractivity contribution in [2.24, 2.45) is 0 Å². The van der Waals surface area contributed by atoms with Crippen LogP contribution in [0.25, 0.3) is 20.1 Å². The second-order valence-electron chi connectivity index (χ2n) is 5.98. The smallest absolute Gasteiger partial charge is 0.265 e. The first-order chi connectivity index (χ1) is 13.5. The van der Waals surface area contributed by atoms with Crippen LogP contribution in [-0.4, -0.2) is 16.8 Å². The van der Waals surface area contributed by atoms with Crippen molar-refractivity contribution in [2.75, 3.05) is 10.6 Å². The van der Waals surface area contributed by atoms with E-state index in [0.29, 0.717) is 10.6 Å². The molecule has 0 bridgehead atoms. The fraction of sp³-hybridized carbons (Fsp3) is 0.0500. The highest BCUT2D eigenvalue weighted by Gasteiger charge is 2.15. The lowest BCUT2D eigenvalue weighted by Gasteiger charge is -2.08. The number of thiophene rings is 1. The Hall–Kier alpha value is -3.10. The quantitative estimate of drug-likeness (QED) is 0.474. The first-order valence-corrected chi connectivity index (χ1v) is 9.97. The van der Waals surface area contributed by atoms with Gasteiger partial charge in [-0.1, -0.05) is 12.1 Å². The summed E-state index contributed by atoms with van der Waals surface area (Å²) in [6.07, 6.45) is 0. The molecule has 140 valence electrons. The third-order valence-corrected chi connectivity index (χ3v) is 6.16. The molecule has 0 fully saturated rings. The molecule has 0 unspecified atom stereocenters. The first-order valence-electron chi connectivity index (χ1n) is 8.34. The van der Waals surface area contributed by atoms with Gasteiger partial charge >= 0.3 is 0 Å². The standard InChI is InChI=1S/C20H14FN3O2S2/c1-11(25)22-12-6-7-13(21)15(10-12)23-19(26)17-8-9-18(27-17)20-24-14-4-2-3-5-16(14)28-20/h2-10H,1H3,(H,22,25)(H,23,26). The number of nitrogens with zero attached hydrogens (tertiary/aromatic N) is 1. The van der Waals surface area contributed by atoms with Crippen molar-refractivity contribution in [1.82, 2.24) is 4.98 Å². The first kappa shape index (κ1) is 18.3. The van der Waals surface area contributed by atoms with Gasteiger partial charge in [0.15, 0.2) is 0 Å². The molecule has 0 aliphatic heterocycles. The number of carbonyl (C=O) groups excluding carboxylic acids is 2. The van der Waals surface area contributed by atoms with Gasteiger partial charge in [-0.15, -0.1) is 22.7 Å². The molecule has 0 aliphatic rings. The van der Waals surface area contributed by atoms with Crippen molar-refractivity contribution in [3.8, 4) is 9.88 Å². The van der Waals surface area contributed by atoms with E-state index in [0.717, 1.165) is 20.1 Å². The van der Waals surface area contributed by atoms with E-state index in [4.69, 9.17) is 0 Å². The van der Waals surface area contributed by atoms with E-state index >= 15 is 0 Å². The van der Waals surface area contributed by atoms with Gasteiger partial charge in [0.05, 0.1) is 25.7 Å². The number of carbonyl (C=O) groups is 2. The largest absolute Gasteiger partial charge is 0.326 e. The molecule has 0 saturated carbocycles. The third-order valence-electron chi connectivity index (χ3n) is 3.87. The zero-order chi connectivity index (χ0) is 19.7. The molecule has 0 atom stereocenters. The number of amides is 2. The van der Waals surface area contributed by atoms with E-state index in [-0.39, 0.29) is 11.6 Å². The molecule has 2 N–H and O–H groups in total. The van der Waals surface area contributed by atoms with Crippen LogP contribution in [0.2, 0.25) is 0 Å². The maximum absolute atomic E-state index is 14.0. The number of benzene rings is 2. The highest BCUT2D eigenvalue weighted by Crippen LogP contribution is 2.34. The monoisotopic (exact) mass is 411 g/mol.